The molecule has 0 bridgehead atoms. The van der Waals surface area contributed by atoms with Crippen LogP contribution in [0.1, 0.15) is 20.3 Å². The van der Waals surface area contributed by atoms with Crippen LogP contribution in [-0.4, -0.2) is 8.67 Å². The van der Waals surface area contributed by atoms with Gasteiger partial charge in [0.1, 0.15) is 0 Å². The van der Waals surface area contributed by atoms with Gasteiger partial charge in [0.05, 0.1) is 0 Å². The molecular formula is C5H11AlBr3. The summed E-state index contributed by atoms with van der Waals surface area (Å²) < 4.78 is 0. The predicted molar refractivity (Wildman–Crippen MR) is 57.3 cm³/mol. The summed E-state index contributed by atoms with van der Waals surface area (Å²) in [6.45, 7) is 8.00. The summed E-state index contributed by atoms with van der Waals surface area (Å²) in [5, 5.41) is 0. The highest BCUT2D eigenvalue weighted by Gasteiger charge is 1.95. The van der Waals surface area contributed by atoms with Crippen molar-refractivity contribution in [3.05, 3.63) is 6.92 Å². The van der Waals surface area contributed by atoms with E-state index in [2.05, 4.69) is 62.9 Å². The molecule has 0 aliphatic heterocycles. The zero-order valence-electron chi connectivity index (χ0n) is 5.70. The molecule has 0 aliphatic carbocycles. The fraction of sp³-hybridized carbons (Fsp3) is 0.800. The topological polar surface area (TPSA) is 0 Å². The van der Waals surface area contributed by atoms with Crippen LogP contribution >= 0.6 is 42.2 Å². The highest BCUT2D eigenvalue weighted by molar-refractivity contribution is 9.69. The van der Waals surface area contributed by atoms with Crippen molar-refractivity contribution < 1.29 is 0 Å². The zero-order chi connectivity index (χ0) is 7.86. The summed E-state index contributed by atoms with van der Waals surface area (Å²) in [7, 11) is -0.701. The molecule has 4 heteroatoms. The first-order chi connectivity index (χ1) is 4.00. The number of rotatable bonds is 1. The van der Waals surface area contributed by atoms with E-state index in [4.69, 9.17) is 0 Å². The molecule has 0 heterocycles. The maximum absolute atomic E-state index is 3.69. The van der Waals surface area contributed by atoms with E-state index in [0.29, 0.717) is 0 Å². The second-order valence-electron chi connectivity index (χ2n) is 1.93. The second kappa shape index (κ2) is 9.97. The van der Waals surface area contributed by atoms with E-state index in [9.17, 15) is 0 Å². The highest BCUT2D eigenvalue weighted by Crippen LogP contribution is 2.07. The van der Waals surface area contributed by atoms with Crippen molar-refractivity contribution in [2.45, 2.75) is 20.3 Å². The lowest BCUT2D eigenvalue weighted by Gasteiger charge is -1.90. The minimum Gasteiger partial charge on any atom is -0.181 e. The zero-order valence-corrected chi connectivity index (χ0v) is 11.6. The summed E-state index contributed by atoms with van der Waals surface area (Å²) in [6.07, 6.45) is 1.06. The third-order valence-corrected chi connectivity index (χ3v) is 0.577. The molecule has 0 saturated carbocycles. The van der Waals surface area contributed by atoms with Gasteiger partial charge in [0, 0.05) is 0 Å². The maximum Gasteiger partial charge on any atom is 0.542 e. The van der Waals surface area contributed by atoms with Crippen LogP contribution in [0.4, 0.5) is 0 Å². The molecular weight excluding hydrogens is 327 g/mol. The van der Waals surface area contributed by atoms with Gasteiger partial charge < -0.3 is 0 Å². The minimum absolute atomic E-state index is 0.701. The predicted octanol–water partition coefficient (Wildman–Crippen LogP) is 4.02. The largest absolute Gasteiger partial charge is 0.542 e. The lowest BCUT2D eigenvalue weighted by molar-refractivity contribution is 0.661. The summed E-state index contributed by atoms with van der Waals surface area (Å²) in [5.41, 5.74) is 0. The van der Waals surface area contributed by atoms with Gasteiger partial charge in [0.2, 0.25) is 0 Å². The van der Waals surface area contributed by atoms with Gasteiger partial charge in [-0.25, -0.2) is 0 Å². The number of hydrogen-bond acceptors (Lipinski definition) is 0. The van der Waals surface area contributed by atoms with Crippen LogP contribution in [0.15, 0.2) is 0 Å². The van der Waals surface area contributed by atoms with Crippen molar-refractivity contribution in [3.8, 4) is 0 Å². The molecule has 0 rings (SSSR count). The Morgan fingerprint density at radius 2 is 1.44 bits per heavy atom. The summed E-state index contributed by atoms with van der Waals surface area (Å²) in [4.78, 5) is 0. The Morgan fingerprint density at radius 3 is 1.44 bits per heavy atom. The van der Waals surface area contributed by atoms with Gasteiger partial charge >= 0.3 is 8.67 Å². The molecule has 0 atom stereocenters. The van der Waals surface area contributed by atoms with Gasteiger partial charge in [0.15, 0.2) is 0 Å². The van der Waals surface area contributed by atoms with Gasteiger partial charge in [-0.1, -0.05) is 27.2 Å². The lowest BCUT2D eigenvalue weighted by Crippen LogP contribution is -1.77. The first kappa shape index (κ1) is 13.6. The SMILES string of the molecule is [Br][Al]([Br])[Br].[CH2]CC(C)C. The first-order valence-corrected chi connectivity index (χ1v) is 12.3. The van der Waals surface area contributed by atoms with Crippen LogP contribution in [0.25, 0.3) is 0 Å². The minimum atomic E-state index is -0.701. The summed E-state index contributed by atoms with van der Waals surface area (Å²) >= 11 is 9.73. The molecule has 9 heavy (non-hydrogen) atoms. The Morgan fingerprint density at radius 1 is 1.33 bits per heavy atom. The maximum atomic E-state index is 3.69. The monoisotopic (exact) mass is 335 g/mol. The van der Waals surface area contributed by atoms with E-state index in [1.807, 2.05) is 0 Å². The van der Waals surface area contributed by atoms with E-state index >= 15 is 0 Å². The van der Waals surface area contributed by atoms with Crippen molar-refractivity contribution in [3.63, 3.8) is 0 Å². The normalized spacial score (nSPS) is 8.33. The molecule has 0 aliphatic rings. The van der Waals surface area contributed by atoms with Gasteiger partial charge in [0.25, 0.3) is 0 Å². The van der Waals surface area contributed by atoms with E-state index < -0.39 is 8.67 Å². The molecule has 0 aromatic heterocycles. The van der Waals surface area contributed by atoms with E-state index in [0.717, 1.165) is 12.3 Å². The Labute approximate surface area is 83.1 Å². The number of hydrogen-bond donors (Lipinski definition) is 0. The van der Waals surface area contributed by atoms with Crippen LogP contribution < -0.4 is 0 Å². The fourth-order valence-electron chi connectivity index (χ4n) is 0. The molecule has 0 aromatic carbocycles. The standard InChI is InChI=1S/C5H11.Al.3BrH/c1-4-5(2)3;;;;/h5H,1,4H2,2-3H3;;3*1H/q;+3;;;/p-3. The smallest absolute Gasteiger partial charge is 0.181 e. The van der Waals surface area contributed by atoms with Crippen molar-refractivity contribution in [2.24, 2.45) is 5.92 Å². The quantitative estimate of drug-likeness (QED) is 0.634. The summed E-state index contributed by atoms with van der Waals surface area (Å²) in [5.74, 6) is 0.773. The highest BCUT2D eigenvalue weighted by atomic mass is 80.0. The Hall–Kier alpha value is 1.97. The van der Waals surface area contributed by atoms with Gasteiger partial charge in [-0.05, 0) is 5.92 Å². The van der Waals surface area contributed by atoms with E-state index in [-0.39, 0.29) is 0 Å². The summed E-state index contributed by atoms with van der Waals surface area (Å²) in [6, 6.07) is 0. The first-order valence-electron chi connectivity index (χ1n) is 2.72. The van der Waals surface area contributed by atoms with Crippen molar-refractivity contribution in [1.29, 1.82) is 0 Å². The average molecular weight is 338 g/mol. The van der Waals surface area contributed by atoms with Gasteiger partial charge in [-0.3, -0.25) is 0 Å². The van der Waals surface area contributed by atoms with Crippen LogP contribution in [0.3, 0.4) is 0 Å². The van der Waals surface area contributed by atoms with E-state index in [1.165, 1.54) is 0 Å². The Bertz CT molecular complexity index is 44.7. The molecule has 0 spiro atoms. The molecule has 0 fully saturated rings. The third kappa shape index (κ3) is 40.2. The lowest BCUT2D eigenvalue weighted by atomic mass is 10.2. The molecule has 0 unspecified atom stereocenters. The average Bonchev–Trinajstić information content (AvgIpc) is 1.65. The van der Waals surface area contributed by atoms with Crippen LogP contribution in [0, 0.1) is 12.8 Å². The van der Waals surface area contributed by atoms with Crippen LogP contribution in [0.2, 0.25) is 0 Å². The third-order valence-electron chi connectivity index (χ3n) is 0.577. The van der Waals surface area contributed by atoms with Gasteiger partial charge in [-0.2, -0.15) is 42.2 Å². The molecule has 0 amide bonds. The van der Waals surface area contributed by atoms with Gasteiger partial charge in [-0.15, -0.1) is 0 Å². The molecule has 0 saturated heterocycles. The molecule has 0 aromatic rings. The van der Waals surface area contributed by atoms with Crippen molar-refractivity contribution in [1.82, 2.24) is 0 Å². The molecule has 0 N–H and O–H groups in total. The Balaban J connectivity index is 0. The number of halogens is 3. The van der Waals surface area contributed by atoms with Crippen molar-refractivity contribution in [2.75, 3.05) is 0 Å². The van der Waals surface area contributed by atoms with Crippen LogP contribution in [-0.2, 0) is 0 Å². The van der Waals surface area contributed by atoms with Crippen LogP contribution in [0.5, 0.6) is 0 Å². The van der Waals surface area contributed by atoms with E-state index in [1.54, 1.807) is 0 Å². The Kier molecular flexibility index (Phi) is 15.0. The molecule has 55 valence electrons. The second-order valence-corrected chi connectivity index (χ2v) is 21.7. The van der Waals surface area contributed by atoms with Crippen molar-refractivity contribution >= 4 is 50.8 Å². The molecule has 1 radical (unpaired) electrons. The fourth-order valence-corrected chi connectivity index (χ4v) is 0. The molecule has 0 nitrogen and oxygen atoms in total.